The van der Waals surface area contributed by atoms with E-state index in [4.69, 9.17) is 0 Å². The first kappa shape index (κ1) is 56.5. The second-order valence-electron chi connectivity index (χ2n) is 15.2. The number of carboxylic acids is 4. The first-order valence-corrected chi connectivity index (χ1v) is 21.0. The third-order valence-electron chi connectivity index (χ3n) is 11.0. The predicted octanol–water partition coefficient (Wildman–Crippen LogP) is 8.87. The van der Waals surface area contributed by atoms with Crippen molar-refractivity contribution in [1.29, 1.82) is 0 Å². The van der Waals surface area contributed by atoms with E-state index in [1.165, 1.54) is 11.1 Å². The molecule has 0 unspecified atom stereocenters. The Morgan fingerprint density at radius 2 is 0.554 bits per heavy atom. The molecule has 12 nitrogen and oxygen atoms in total. The van der Waals surface area contributed by atoms with Crippen molar-refractivity contribution in [2.75, 3.05) is 0 Å². The summed E-state index contributed by atoms with van der Waals surface area (Å²) < 4.78 is 0. The second-order valence-corrected chi connectivity index (χ2v) is 15.2. The minimum atomic E-state index is -1.70. The molecule has 65 heavy (non-hydrogen) atoms. The maximum Gasteiger partial charge on any atom is 2.00 e. The molecule has 0 saturated carbocycles. The van der Waals surface area contributed by atoms with E-state index in [9.17, 15) is 39.6 Å². The molecule has 1 radical (unpaired) electrons. The average Bonchev–Trinajstić information content (AvgIpc) is 3.30. The Bertz CT molecular complexity index is 1940. The molecule has 6 aromatic rings. The van der Waals surface area contributed by atoms with Crippen molar-refractivity contribution >= 4 is 23.9 Å². The van der Waals surface area contributed by atoms with Crippen molar-refractivity contribution in [3.05, 3.63) is 193 Å². The number of nitrogens with zero attached hydrogens (tertiary/aromatic N) is 2. The molecule has 0 aliphatic carbocycles. The summed E-state index contributed by atoms with van der Waals surface area (Å²) in [5.41, 5.74) is 3.31. The number of carboxylic acid groups (broad SMARTS) is 4. The van der Waals surface area contributed by atoms with Crippen LogP contribution in [0.5, 0.6) is 0 Å². The van der Waals surface area contributed by atoms with E-state index in [2.05, 4.69) is 9.97 Å². The zero-order valence-electron chi connectivity index (χ0n) is 36.3. The van der Waals surface area contributed by atoms with E-state index < -0.39 is 34.7 Å². The maximum absolute atomic E-state index is 11.8. The van der Waals surface area contributed by atoms with Gasteiger partial charge in [0.1, 0.15) is 0 Å². The fraction of sp³-hybridized carbons (Fsp3) is 0.269. The van der Waals surface area contributed by atoms with Crippen molar-refractivity contribution in [2.24, 2.45) is 10.8 Å². The summed E-state index contributed by atoms with van der Waals surface area (Å²) in [6.45, 7) is 0. The molecule has 0 saturated heterocycles. The molecule has 343 valence electrons. The normalized spacial score (nSPS) is 10.4. The molecule has 0 bridgehead atoms. The van der Waals surface area contributed by atoms with Gasteiger partial charge in [0.25, 0.3) is 0 Å². The van der Waals surface area contributed by atoms with Gasteiger partial charge in [-0.3, -0.25) is 29.1 Å². The van der Waals surface area contributed by atoms with Crippen LogP contribution >= 0.6 is 0 Å². The summed E-state index contributed by atoms with van der Waals surface area (Å²) >= 11 is 0. The number of pyridine rings is 2. The summed E-state index contributed by atoms with van der Waals surface area (Å²) in [4.78, 5) is 55.0. The van der Waals surface area contributed by atoms with Crippen LogP contribution < -0.4 is 0 Å². The smallest absolute Gasteiger partial charge is 0.480 e. The van der Waals surface area contributed by atoms with Gasteiger partial charge in [0.05, 0.1) is 0 Å². The molecule has 6 rings (SSSR count). The van der Waals surface area contributed by atoms with Crippen LogP contribution in [0.15, 0.2) is 170 Å². The van der Waals surface area contributed by atoms with Gasteiger partial charge in [0, 0.05) is 24.8 Å². The van der Waals surface area contributed by atoms with Crippen LogP contribution in [-0.2, 0) is 61.9 Å². The van der Waals surface area contributed by atoms with E-state index >= 15 is 0 Å². The molecule has 0 aliphatic rings. The van der Waals surface area contributed by atoms with Gasteiger partial charge in [0.2, 0.25) is 0 Å². The third kappa shape index (κ3) is 18.6. The number of aromatic nitrogens is 2. The molecule has 2 aromatic heterocycles. The SMILES string of the molecule is O.O.O=C(O)C(CCCc1ccccc1)(CCCc1ccccc1)C(=O)O.O=C(O)C(CCCc1ccccc1)(CCCc1ccccc1)C(=O)O.[Mn+2].c1cc(-c2ccncc2)ccn1. The number of hydrogen-bond acceptors (Lipinski definition) is 6. The van der Waals surface area contributed by atoms with Crippen LogP contribution in [-0.4, -0.2) is 65.2 Å². The van der Waals surface area contributed by atoms with Gasteiger partial charge in [-0.2, -0.15) is 0 Å². The van der Waals surface area contributed by atoms with Gasteiger partial charge in [-0.1, -0.05) is 121 Å². The fourth-order valence-electron chi connectivity index (χ4n) is 7.33. The molecule has 0 spiro atoms. The molecule has 0 fully saturated rings. The number of benzene rings is 4. The zero-order valence-corrected chi connectivity index (χ0v) is 37.5. The average molecular weight is 928 g/mol. The summed E-state index contributed by atoms with van der Waals surface area (Å²) in [7, 11) is 0. The van der Waals surface area contributed by atoms with Gasteiger partial charge in [-0.25, -0.2) is 0 Å². The van der Waals surface area contributed by atoms with E-state index in [1.54, 1.807) is 24.8 Å². The predicted molar refractivity (Wildman–Crippen MR) is 248 cm³/mol. The van der Waals surface area contributed by atoms with Crippen LogP contribution in [0, 0.1) is 10.8 Å². The standard InChI is InChI=1S/2C21H24O4.C10H8N2.Mn.2H2O/c2*22-19(23)21(20(24)25,15-7-13-17-9-3-1-4-10-17)16-8-14-18-11-5-2-6-12-18;1-5-11-6-2-9(1)10-3-7-12-8-4-10;;;/h2*1-6,9-12H,7-8,13-16H2,(H,22,23)(H,24,25);1-8H;;2*1H2/q;;;+2;;. The number of aryl methyl sites for hydroxylation is 4. The molecule has 0 atom stereocenters. The van der Waals surface area contributed by atoms with Crippen molar-refractivity contribution in [1.82, 2.24) is 9.97 Å². The Balaban J connectivity index is 0.000000502. The number of aliphatic carboxylic acids is 4. The Kier molecular flexibility index (Phi) is 26.6. The molecule has 0 aliphatic heterocycles. The summed E-state index contributed by atoms with van der Waals surface area (Å²) in [5, 5.41) is 38.4. The van der Waals surface area contributed by atoms with Gasteiger partial charge < -0.3 is 31.4 Å². The largest absolute Gasteiger partial charge is 2.00 e. The Hall–Kier alpha value is -6.50. The molecule has 8 N–H and O–H groups in total. The van der Waals surface area contributed by atoms with Crippen molar-refractivity contribution < 1.29 is 67.6 Å². The summed E-state index contributed by atoms with van der Waals surface area (Å²) in [6.07, 6.45) is 12.6. The minimum absolute atomic E-state index is 0. The molecule has 0 amide bonds. The minimum Gasteiger partial charge on any atom is -0.480 e. The third-order valence-corrected chi connectivity index (χ3v) is 11.0. The quantitative estimate of drug-likeness (QED) is 0.0395. The van der Waals surface area contributed by atoms with Crippen LogP contribution in [0.4, 0.5) is 0 Å². The van der Waals surface area contributed by atoms with Crippen molar-refractivity contribution in [3.8, 4) is 11.1 Å². The Morgan fingerprint density at radius 1 is 0.354 bits per heavy atom. The first-order chi connectivity index (χ1) is 30.1. The fourth-order valence-corrected chi connectivity index (χ4v) is 7.33. The Morgan fingerprint density at radius 3 is 0.738 bits per heavy atom. The Labute approximate surface area is 391 Å². The second kappa shape index (κ2) is 30.6. The van der Waals surface area contributed by atoms with E-state index in [1.807, 2.05) is 146 Å². The van der Waals surface area contributed by atoms with Crippen molar-refractivity contribution in [3.63, 3.8) is 0 Å². The maximum atomic E-state index is 11.8. The van der Waals surface area contributed by atoms with Gasteiger partial charge >= 0.3 is 40.9 Å². The summed E-state index contributed by atoms with van der Waals surface area (Å²) in [5.74, 6) is -4.94. The van der Waals surface area contributed by atoms with Crippen LogP contribution in [0.2, 0.25) is 0 Å². The van der Waals surface area contributed by atoms with Crippen LogP contribution in [0.1, 0.15) is 73.6 Å². The molecule has 4 aromatic carbocycles. The topological polar surface area (TPSA) is 238 Å². The van der Waals surface area contributed by atoms with Gasteiger partial charge in [0.15, 0.2) is 10.8 Å². The molecule has 13 heteroatoms. The summed E-state index contributed by atoms with van der Waals surface area (Å²) in [6, 6.07) is 46.8. The van der Waals surface area contributed by atoms with Crippen LogP contribution in [0.25, 0.3) is 11.1 Å². The number of rotatable bonds is 21. The monoisotopic (exact) mass is 927 g/mol. The molecular weight excluding hydrogens is 868 g/mol. The van der Waals surface area contributed by atoms with E-state index in [0.717, 1.165) is 22.3 Å². The van der Waals surface area contributed by atoms with Gasteiger partial charge in [-0.15, -0.1) is 0 Å². The van der Waals surface area contributed by atoms with Gasteiger partial charge in [-0.05, 0) is 135 Å². The zero-order chi connectivity index (χ0) is 44.5. The van der Waals surface area contributed by atoms with Crippen LogP contribution in [0.3, 0.4) is 0 Å². The number of hydrogen-bond donors (Lipinski definition) is 4. The molecule has 2 heterocycles. The van der Waals surface area contributed by atoms with Crippen molar-refractivity contribution in [2.45, 2.75) is 77.0 Å². The van der Waals surface area contributed by atoms with E-state index in [-0.39, 0.29) is 53.7 Å². The first-order valence-electron chi connectivity index (χ1n) is 21.0. The van der Waals surface area contributed by atoms with E-state index in [0.29, 0.717) is 51.4 Å². The number of carbonyl (C=O) groups is 4. The molecular formula is C52H60MnN2O10+2.